The average molecular weight is 262 g/mol. The van der Waals surface area contributed by atoms with E-state index >= 15 is 0 Å². The van der Waals surface area contributed by atoms with E-state index in [1.165, 1.54) is 16.8 Å². The second-order valence-corrected chi connectivity index (χ2v) is 5.62. The van der Waals surface area contributed by atoms with E-state index in [0.717, 1.165) is 32.6 Å². The summed E-state index contributed by atoms with van der Waals surface area (Å²) in [4.78, 5) is 2.46. The van der Waals surface area contributed by atoms with Gasteiger partial charge in [0, 0.05) is 24.3 Å². The van der Waals surface area contributed by atoms with Crippen LogP contribution in [0.4, 0.5) is 5.69 Å². The van der Waals surface area contributed by atoms with E-state index in [0.29, 0.717) is 6.04 Å². The second kappa shape index (κ2) is 6.40. The summed E-state index contributed by atoms with van der Waals surface area (Å²) >= 11 is 0. The van der Waals surface area contributed by atoms with Gasteiger partial charge in [-0.1, -0.05) is 24.6 Å². The number of nitrogens with zero attached hydrogens (tertiary/aromatic N) is 1. The van der Waals surface area contributed by atoms with Crippen molar-refractivity contribution in [2.45, 2.75) is 45.7 Å². The van der Waals surface area contributed by atoms with Gasteiger partial charge in [0.05, 0.1) is 13.2 Å². The molecule has 0 aromatic heterocycles. The first kappa shape index (κ1) is 14.4. The third kappa shape index (κ3) is 3.48. The molecule has 1 fully saturated rings. The zero-order valence-corrected chi connectivity index (χ0v) is 12.4. The van der Waals surface area contributed by atoms with Crippen LogP contribution in [0.15, 0.2) is 18.2 Å². The van der Waals surface area contributed by atoms with Gasteiger partial charge in [-0.15, -0.1) is 0 Å². The number of hydrogen-bond acceptors (Lipinski definition) is 3. The molecule has 1 saturated heterocycles. The monoisotopic (exact) mass is 262 g/mol. The summed E-state index contributed by atoms with van der Waals surface area (Å²) in [6, 6.07) is 7.41. The average Bonchev–Trinajstić information content (AvgIpc) is 2.40. The zero-order chi connectivity index (χ0) is 13.8. The van der Waals surface area contributed by atoms with Gasteiger partial charge in [0.25, 0.3) is 0 Å². The van der Waals surface area contributed by atoms with E-state index in [9.17, 15) is 0 Å². The van der Waals surface area contributed by atoms with Crippen molar-refractivity contribution in [2.24, 2.45) is 5.73 Å². The number of aryl methyl sites for hydroxylation is 1. The van der Waals surface area contributed by atoms with Crippen LogP contribution in [0.3, 0.4) is 0 Å². The van der Waals surface area contributed by atoms with Crippen LogP contribution in [0.5, 0.6) is 0 Å². The largest absolute Gasteiger partial charge is 0.377 e. The highest BCUT2D eigenvalue weighted by atomic mass is 16.5. The third-order valence-corrected chi connectivity index (χ3v) is 3.92. The molecule has 0 aliphatic carbocycles. The molecule has 1 aromatic carbocycles. The molecule has 106 valence electrons. The Morgan fingerprint density at radius 1 is 1.47 bits per heavy atom. The Morgan fingerprint density at radius 2 is 2.26 bits per heavy atom. The quantitative estimate of drug-likeness (QED) is 0.906. The maximum absolute atomic E-state index is 6.14. The molecule has 1 aromatic rings. The minimum Gasteiger partial charge on any atom is -0.377 e. The van der Waals surface area contributed by atoms with Gasteiger partial charge >= 0.3 is 0 Å². The van der Waals surface area contributed by atoms with Crippen molar-refractivity contribution < 1.29 is 4.74 Å². The summed E-state index contributed by atoms with van der Waals surface area (Å²) in [6.45, 7) is 9.12. The van der Waals surface area contributed by atoms with Gasteiger partial charge < -0.3 is 15.4 Å². The molecular formula is C16H26N2O. The number of hydrogen-bond donors (Lipinski definition) is 1. The lowest BCUT2D eigenvalue weighted by atomic mass is 9.99. The molecule has 3 nitrogen and oxygen atoms in total. The fourth-order valence-corrected chi connectivity index (χ4v) is 2.67. The first-order valence-electron chi connectivity index (χ1n) is 7.31. The topological polar surface area (TPSA) is 38.5 Å². The predicted octanol–water partition coefficient (Wildman–Crippen LogP) is 2.50. The van der Waals surface area contributed by atoms with Crippen molar-refractivity contribution in [1.29, 1.82) is 0 Å². The molecule has 0 saturated carbocycles. The Balaban J connectivity index is 2.27. The lowest BCUT2D eigenvalue weighted by molar-refractivity contribution is 0.0988. The predicted molar refractivity (Wildman–Crippen MR) is 80.8 cm³/mol. The van der Waals surface area contributed by atoms with Crippen LogP contribution in [0.2, 0.25) is 0 Å². The van der Waals surface area contributed by atoms with Crippen LogP contribution < -0.4 is 10.6 Å². The third-order valence-electron chi connectivity index (χ3n) is 3.92. The first-order valence-corrected chi connectivity index (χ1v) is 7.31. The fourth-order valence-electron chi connectivity index (χ4n) is 2.67. The van der Waals surface area contributed by atoms with Crippen molar-refractivity contribution in [3.8, 4) is 0 Å². The molecule has 0 bridgehead atoms. The summed E-state index contributed by atoms with van der Waals surface area (Å²) in [6.07, 6.45) is 1.98. The van der Waals surface area contributed by atoms with E-state index in [2.05, 4.69) is 43.9 Å². The lowest BCUT2D eigenvalue weighted by Gasteiger charge is -2.37. The Labute approximate surface area is 116 Å². The summed E-state index contributed by atoms with van der Waals surface area (Å²) < 4.78 is 5.53. The molecule has 2 unspecified atom stereocenters. The van der Waals surface area contributed by atoms with Gasteiger partial charge in [0.15, 0.2) is 0 Å². The van der Waals surface area contributed by atoms with Gasteiger partial charge in [0.2, 0.25) is 0 Å². The van der Waals surface area contributed by atoms with E-state index in [1.807, 2.05) is 0 Å². The maximum atomic E-state index is 6.14. The zero-order valence-electron chi connectivity index (χ0n) is 12.4. The van der Waals surface area contributed by atoms with Gasteiger partial charge in [-0.05, 0) is 38.3 Å². The van der Waals surface area contributed by atoms with E-state index in [1.54, 1.807) is 0 Å². The Morgan fingerprint density at radius 3 is 2.95 bits per heavy atom. The number of morpholine rings is 1. The van der Waals surface area contributed by atoms with Gasteiger partial charge in [0.1, 0.15) is 0 Å². The molecule has 0 spiro atoms. The lowest BCUT2D eigenvalue weighted by Crippen LogP contribution is -2.44. The van der Waals surface area contributed by atoms with Crippen molar-refractivity contribution in [2.75, 3.05) is 24.7 Å². The van der Waals surface area contributed by atoms with Crippen LogP contribution in [0, 0.1) is 6.92 Å². The highest BCUT2D eigenvalue weighted by molar-refractivity contribution is 5.56. The first-order chi connectivity index (χ1) is 9.11. The van der Waals surface area contributed by atoms with E-state index < -0.39 is 0 Å². The number of rotatable bonds is 4. The fraction of sp³-hybridized carbons (Fsp3) is 0.625. The summed E-state index contributed by atoms with van der Waals surface area (Å²) in [5, 5.41) is 0. The maximum Gasteiger partial charge on any atom is 0.0668 e. The van der Waals surface area contributed by atoms with Crippen LogP contribution in [0.25, 0.3) is 0 Å². The SMILES string of the molecule is CCC(N)Cc1cc(C)ccc1N1CCOCC1C. The van der Waals surface area contributed by atoms with Crippen LogP contribution in [-0.4, -0.2) is 31.8 Å². The summed E-state index contributed by atoms with van der Waals surface area (Å²) in [5.74, 6) is 0. The molecule has 2 rings (SSSR count). The van der Waals surface area contributed by atoms with Crippen LogP contribution in [-0.2, 0) is 11.2 Å². The van der Waals surface area contributed by atoms with Crippen LogP contribution >= 0.6 is 0 Å². The van der Waals surface area contributed by atoms with Gasteiger partial charge in [-0.3, -0.25) is 0 Å². The van der Waals surface area contributed by atoms with Crippen molar-refractivity contribution in [3.05, 3.63) is 29.3 Å². The molecule has 2 N–H and O–H groups in total. The number of benzene rings is 1. The summed E-state index contributed by atoms with van der Waals surface area (Å²) in [5.41, 5.74) is 10.2. The molecule has 2 atom stereocenters. The summed E-state index contributed by atoms with van der Waals surface area (Å²) in [7, 11) is 0. The molecule has 0 radical (unpaired) electrons. The van der Waals surface area contributed by atoms with Crippen molar-refractivity contribution >= 4 is 5.69 Å². The smallest absolute Gasteiger partial charge is 0.0668 e. The molecule has 19 heavy (non-hydrogen) atoms. The molecule has 0 amide bonds. The van der Waals surface area contributed by atoms with E-state index in [-0.39, 0.29) is 6.04 Å². The highest BCUT2D eigenvalue weighted by Gasteiger charge is 2.21. The Hall–Kier alpha value is -1.06. The number of ether oxygens (including phenoxy) is 1. The highest BCUT2D eigenvalue weighted by Crippen LogP contribution is 2.26. The van der Waals surface area contributed by atoms with Crippen LogP contribution in [0.1, 0.15) is 31.4 Å². The molecular weight excluding hydrogens is 236 g/mol. The second-order valence-electron chi connectivity index (χ2n) is 5.62. The Bertz CT molecular complexity index is 419. The van der Waals surface area contributed by atoms with Gasteiger partial charge in [-0.2, -0.15) is 0 Å². The standard InChI is InChI=1S/C16H26N2O/c1-4-15(17)10-14-9-12(2)5-6-16(14)18-7-8-19-11-13(18)3/h5-6,9,13,15H,4,7-8,10-11,17H2,1-3H3. The minimum atomic E-state index is 0.247. The normalized spacial score (nSPS) is 21.5. The van der Waals surface area contributed by atoms with E-state index in [4.69, 9.17) is 10.5 Å². The minimum absolute atomic E-state index is 0.247. The number of nitrogens with two attached hydrogens (primary N) is 1. The molecule has 1 aliphatic heterocycles. The van der Waals surface area contributed by atoms with Gasteiger partial charge in [-0.25, -0.2) is 0 Å². The van der Waals surface area contributed by atoms with Crippen molar-refractivity contribution in [1.82, 2.24) is 0 Å². The molecule has 1 heterocycles. The van der Waals surface area contributed by atoms with Crippen molar-refractivity contribution in [3.63, 3.8) is 0 Å². The Kier molecular flexibility index (Phi) is 4.83. The number of anilines is 1. The molecule has 1 aliphatic rings. The molecule has 3 heteroatoms.